The number of esters is 2. The number of hydrogen-bond acceptors (Lipinski definition) is 8. The smallest absolute Gasteiger partial charge is 0.306 e. The average Bonchev–Trinajstić information content (AvgIpc) is 3.27. The van der Waals surface area contributed by atoms with Crippen molar-refractivity contribution in [3.05, 3.63) is 97.2 Å². The summed E-state index contributed by atoms with van der Waals surface area (Å²) in [6.07, 6.45) is 62.9. The molecule has 10 heteroatoms. The molecule has 0 radical (unpaired) electrons. The molecule has 0 aromatic carbocycles. The summed E-state index contributed by atoms with van der Waals surface area (Å²) in [6.45, 7) is 4.06. The Bertz CT molecular complexity index is 1440. The molecule has 0 fully saturated rings. The van der Waals surface area contributed by atoms with Crippen LogP contribution in [0.15, 0.2) is 97.2 Å². The van der Waals surface area contributed by atoms with Crippen LogP contribution in [0.3, 0.4) is 0 Å². The molecule has 2 unspecified atom stereocenters. The lowest BCUT2D eigenvalue weighted by molar-refractivity contribution is -0.870. The zero-order chi connectivity index (χ0) is 48.5. The fraction of sp³-hybridized carbons (Fsp3) is 0.679. The van der Waals surface area contributed by atoms with E-state index >= 15 is 0 Å². The second-order valence-electron chi connectivity index (χ2n) is 18.1. The highest BCUT2D eigenvalue weighted by molar-refractivity contribution is 7.45. The van der Waals surface area contributed by atoms with Gasteiger partial charge in [0.15, 0.2) is 6.10 Å². The van der Waals surface area contributed by atoms with Gasteiger partial charge in [-0.3, -0.25) is 14.2 Å². The molecule has 0 bridgehead atoms. The fourth-order valence-electron chi connectivity index (χ4n) is 6.57. The van der Waals surface area contributed by atoms with Gasteiger partial charge in [-0.25, -0.2) is 0 Å². The predicted molar refractivity (Wildman–Crippen MR) is 277 cm³/mol. The number of allylic oxidation sites excluding steroid dienone is 16. The molecule has 0 saturated heterocycles. The molecule has 0 saturated carbocycles. The van der Waals surface area contributed by atoms with Gasteiger partial charge in [0.2, 0.25) is 0 Å². The van der Waals surface area contributed by atoms with Gasteiger partial charge >= 0.3 is 11.9 Å². The summed E-state index contributed by atoms with van der Waals surface area (Å²) in [4.78, 5) is 37.8. The summed E-state index contributed by atoms with van der Waals surface area (Å²) in [5.74, 6) is -0.877. The first-order valence-corrected chi connectivity index (χ1v) is 27.4. The van der Waals surface area contributed by atoms with Crippen molar-refractivity contribution in [2.24, 2.45) is 0 Å². The third kappa shape index (κ3) is 50.3. The number of carbonyl (C=O) groups excluding carboxylic acids is 2. The van der Waals surface area contributed by atoms with E-state index < -0.39 is 32.5 Å². The lowest BCUT2D eigenvalue weighted by Crippen LogP contribution is -2.37. The molecular weight excluding hydrogens is 846 g/mol. The minimum atomic E-state index is -4.65. The van der Waals surface area contributed by atoms with Gasteiger partial charge in [-0.1, -0.05) is 182 Å². The summed E-state index contributed by atoms with van der Waals surface area (Å²) >= 11 is 0. The van der Waals surface area contributed by atoms with Gasteiger partial charge in [0, 0.05) is 12.8 Å². The van der Waals surface area contributed by atoms with Crippen molar-refractivity contribution in [1.82, 2.24) is 0 Å². The molecule has 0 heterocycles. The molecule has 0 aliphatic heterocycles. The van der Waals surface area contributed by atoms with Crippen LogP contribution in [0.1, 0.15) is 194 Å². The number of likely N-dealkylation sites (N-methyl/N-ethyl adjacent to an activating group) is 1. The van der Waals surface area contributed by atoms with Crippen LogP contribution >= 0.6 is 7.82 Å². The topological polar surface area (TPSA) is 111 Å². The van der Waals surface area contributed by atoms with Crippen molar-refractivity contribution in [2.45, 2.75) is 200 Å². The number of hydrogen-bond donors (Lipinski definition) is 0. The third-order valence-electron chi connectivity index (χ3n) is 10.6. The molecule has 0 aliphatic carbocycles. The highest BCUT2D eigenvalue weighted by Crippen LogP contribution is 2.38. The molecule has 9 nitrogen and oxygen atoms in total. The Morgan fingerprint density at radius 1 is 0.485 bits per heavy atom. The van der Waals surface area contributed by atoms with Crippen molar-refractivity contribution in [3.63, 3.8) is 0 Å². The van der Waals surface area contributed by atoms with E-state index in [4.69, 9.17) is 18.5 Å². The van der Waals surface area contributed by atoms with E-state index in [2.05, 4.69) is 111 Å². The SMILES string of the molecule is CC/C=C\C/C=C\C/C=C\C/C=C\C/C=C\CCCCCCCC(=O)OC(COC(=O)CCCCCCCC/C=C\C/C=C\C/C=C\CCCCCCC)COP(=O)([O-])OCC[N+](C)(C)C. The van der Waals surface area contributed by atoms with Crippen LogP contribution in [0.4, 0.5) is 0 Å². The molecule has 0 rings (SSSR count). The van der Waals surface area contributed by atoms with E-state index in [1.54, 1.807) is 0 Å². The van der Waals surface area contributed by atoms with E-state index in [9.17, 15) is 19.0 Å². The molecule has 0 amide bonds. The number of phosphoric acid groups is 1. The van der Waals surface area contributed by atoms with Crippen molar-refractivity contribution >= 4 is 19.8 Å². The monoisotopic (exact) mass is 942 g/mol. The Balaban J connectivity index is 4.35. The summed E-state index contributed by atoms with van der Waals surface area (Å²) in [5, 5.41) is 0. The molecule has 0 spiro atoms. The Morgan fingerprint density at radius 2 is 0.864 bits per heavy atom. The summed E-state index contributed by atoms with van der Waals surface area (Å²) < 4.78 is 34.0. The zero-order valence-electron chi connectivity index (χ0n) is 42.6. The predicted octanol–water partition coefficient (Wildman–Crippen LogP) is 15.1. The fourth-order valence-corrected chi connectivity index (χ4v) is 7.30. The number of phosphoric ester groups is 1. The third-order valence-corrected chi connectivity index (χ3v) is 11.6. The van der Waals surface area contributed by atoms with Crippen LogP contribution in [-0.4, -0.2) is 70.0 Å². The van der Waals surface area contributed by atoms with E-state index in [0.29, 0.717) is 23.9 Å². The Kier molecular flexibility index (Phi) is 44.8. The standard InChI is InChI=1S/C56H96NO8P/c1-6-8-10-12-14-16-18-20-22-24-26-28-30-32-34-36-38-40-42-44-46-48-55(58)62-52-54(53-64-66(60,61)63-51-50-57(3,4)5)65-56(59)49-47-45-43-41-39-37-35-33-31-29-27-25-23-21-19-17-15-13-11-9-7-2/h9,11,15,17-18,20-21,23-24,26-27,29-30,32-33,35,54H,6-8,10,12-14,16,19,22,25,28,31,34,36-53H2,1-5H3/b11-9-,17-15-,20-18-,23-21-,26-24-,29-27-,32-30-,35-33-. The van der Waals surface area contributed by atoms with E-state index in [0.717, 1.165) is 116 Å². The first-order chi connectivity index (χ1) is 32.0. The number of carbonyl (C=O) groups is 2. The van der Waals surface area contributed by atoms with Crippen LogP contribution in [0.25, 0.3) is 0 Å². The molecule has 378 valence electrons. The normalized spacial score (nSPS) is 14.2. The van der Waals surface area contributed by atoms with Gasteiger partial charge in [-0.2, -0.15) is 0 Å². The summed E-state index contributed by atoms with van der Waals surface area (Å²) in [5.41, 5.74) is 0. The largest absolute Gasteiger partial charge is 0.756 e. The number of ether oxygens (including phenoxy) is 2. The molecule has 2 atom stereocenters. The van der Waals surface area contributed by atoms with Crippen molar-refractivity contribution in [2.75, 3.05) is 47.5 Å². The minimum absolute atomic E-state index is 0.0429. The highest BCUT2D eigenvalue weighted by Gasteiger charge is 2.21. The zero-order valence-corrected chi connectivity index (χ0v) is 43.5. The molecular formula is C56H96NO8P. The van der Waals surface area contributed by atoms with Gasteiger partial charge < -0.3 is 27.9 Å². The van der Waals surface area contributed by atoms with Crippen molar-refractivity contribution in [1.29, 1.82) is 0 Å². The Labute approximate surface area is 404 Å². The first-order valence-electron chi connectivity index (χ1n) is 25.9. The second-order valence-corrected chi connectivity index (χ2v) is 19.6. The van der Waals surface area contributed by atoms with Crippen LogP contribution in [-0.2, 0) is 32.7 Å². The highest BCUT2D eigenvalue weighted by atomic mass is 31.2. The molecule has 0 aromatic rings. The van der Waals surface area contributed by atoms with Gasteiger partial charge in [0.25, 0.3) is 7.82 Å². The van der Waals surface area contributed by atoms with Gasteiger partial charge in [-0.15, -0.1) is 0 Å². The van der Waals surface area contributed by atoms with Crippen LogP contribution in [0.5, 0.6) is 0 Å². The maximum Gasteiger partial charge on any atom is 0.306 e. The lowest BCUT2D eigenvalue weighted by Gasteiger charge is -2.28. The number of nitrogens with zero attached hydrogens (tertiary/aromatic N) is 1. The van der Waals surface area contributed by atoms with Crippen LogP contribution < -0.4 is 4.89 Å². The quantitative estimate of drug-likeness (QED) is 0.0195. The van der Waals surface area contributed by atoms with Crippen LogP contribution in [0, 0.1) is 0 Å². The summed E-state index contributed by atoms with van der Waals surface area (Å²) in [6, 6.07) is 0. The van der Waals surface area contributed by atoms with Gasteiger partial charge in [0.05, 0.1) is 27.7 Å². The number of rotatable bonds is 46. The Hall–Kier alpha value is -3.07. The van der Waals surface area contributed by atoms with E-state index in [1.165, 1.54) is 38.5 Å². The van der Waals surface area contributed by atoms with Gasteiger partial charge in [-0.05, 0) is 96.3 Å². The van der Waals surface area contributed by atoms with Crippen molar-refractivity contribution in [3.8, 4) is 0 Å². The van der Waals surface area contributed by atoms with E-state index in [1.807, 2.05) is 21.1 Å². The van der Waals surface area contributed by atoms with Crippen molar-refractivity contribution < 1.29 is 42.1 Å². The maximum atomic E-state index is 12.7. The van der Waals surface area contributed by atoms with E-state index in [-0.39, 0.29) is 26.1 Å². The minimum Gasteiger partial charge on any atom is -0.756 e. The van der Waals surface area contributed by atoms with Crippen LogP contribution in [0.2, 0.25) is 0 Å². The first kappa shape index (κ1) is 62.9. The second kappa shape index (κ2) is 47.0. The maximum absolute atomic E-state index is 12.7. The van der Waals surface area contributed by atoms with Gasteiger partial charge in [0.1, 0.15) is 19.8 Å². The number of unbranched alkanes of at least 4 members (excludes halogenated alkanes) is 16. The molecule has 0 aliphatic rings. The Morgan fingerprint density at radius 3 is 1.29 bits per heavy atom. The lowest BCUT2D eigenvalue weighted by atomic mass is 10.1. The molecule has 66 heavy (non-hydrogen) atoms. The molecule has 0 N–H and O–H groups in total. The summed E-state index contributed by atoms with van der Waals surface area (Å²) in [7, 11) is 1.13. The number of quaternary nitrogens is 1. The average molecular weight is 942 g/mol. The molecule has 0 aromatic heterocycles.